The Balaban J connectivity index is 2.08. The Hall–Kier alpha value is -2.29. The molecule has 0 aliphatic rings. The summed E-state index contributed by atoms with van der Waals surface area (Å²) in [6, 6.07) is 14.2. The smallest absolute Gasteiger partial charge is 0.261 e. The second kappa shape index (κ2) is 8.70. The molecule has 25 heavy (non-hydrogen) atoms. The van der Waals surface area contributed by atoms with Gasteiger partial charge in [-0.1, -0.05) is 55.8 Å². The van der Waals surface area contributed by atoms with E-state index in [0.717, 1.165) is 24.2 Å². The van der Waals surface area contributed by atoms with Gasteiger partial charge in [-0.25, -0.2) is 0 Å². The Morgan fingerprint density at radius 1 is 1.12 bits per heavy atom. The molecule has 0 fully saturated rings. The zero-order chi connectivity index (χ0) is 18.4. The molecule has 0 aliphatic carbocycles. The van der Waals surface area contributed by atoms with E-state index in [1.54, 1.807) is 6.92 Å². The van der Waals surface area contributed by atoms with Crippen LogP contribution in [0.5, 0.6) is 5.75 Å². The van der Waals surface area contributed by atoms with E-state index in [2.05, 4.69) is 51.2 Å². The van der Waals surface area contributed by atoms with Crippen LogP contribution in [0.4, 0.5) is 0 Å². The molecule has 134 valence electrons. The highest BCUT2D eigenvalue weighted by Crippen LogP contribution is 2.23. The number of carbonyl (C=O) groups is 1. The molecule has 2 aromatic rings. The largest absolute Gasteiger partial charge is 0.481 e. The first-order valence-electron chi connectivity index (χ1n) is 9.08. The molecule has 3 heteroatoms. The summed E-state index contributed by atoms with van der Waals surface area (Å²) in [6.07, 6.45) is 1.19. The van der Waals surface area contributed by atoms with Crippen LogP contribution >= 0.6 is 0 Å². The summed E-state index contributed by atoms with van der Waals surface area (Å²) in [5.41, 5.74) is 4.72. The number of amides is 1. The zero-order valence-corrected chi connectivity index (χ0v) is 15.9. The van der Waals surface area contributed by atoms with Crippen molar-refractivity contribution in [1.29, 1.82) is 0 Å². The van der Waals surface area contributed by atoms with Gasteiger partial charge in [0, 0.05) is 0 Å². The summed E-state index contributed by atoms with van der Waals surface area (Å²) in [5.74, 6) is 0.699. The highest BCUT2D eigenvalue weighted by molar-refractivity contribution is 5.81. The van der Waals surface area contributed by atoms with Crippen molar-refractivity contribution in [3.63, 3.8) is 0 Å². The number of nitrogens with one attached hydrogen (secondary N) is 1. The Labute approximate surface area is 151 Å². The highest BCUT2D eigenvalue weighted by atomic mass is 16.5. The topological polar surface area (TPSA) is 38.3 Å². The van der Waals surface area contributed by atoms with Crippen molar-refractivity contribution in [2.45, 2.75) is 59.6 Å². The normalized spacial score (nSPS) is 13.2. The van der Waals surface area contributed by atoms with E-state index in [1.807, 2.05) is 24.3 Å². The molecule has 0 aromatic heterocycles. The number of hydrogen-bond acceptors (Lipinski definition) is 2. The quantitative estimate of drug-likeness (QED) is 0.779. The van der Waals surface area contributed by atoms with Crippen LogP contribution in [-0.2, 0) is 11.2 Å². The van der Waals surface area contributed by atoms with E-state index in [1.165, 1.54) is 16.7 Å². The fourth-order valence-corrected chi connectivity index (χ4v) is 3.06. The van der Waals surface area contributed by atoms with E-state index in [0.29, 0.717) is 0 Å². The molecule has 0 spiro atoms. The van der Waals surface area contributed by atoms with Crippen LogP contribution in [0.15, 0.2) is 42.5 Å². The van der Waals surface area contributed by atoms with Gasteiger partial charge in [0.25, 0.3) is 5.91 Å². The van der Waals surface area contributed by atoms with Crippen molar-refractivity contribution in [3.8, 4) is 5.75 Å². The first kappa shape index (κ1) is 19.0. The van der Waals surface area contributed by atoms with Crippen molar-refractivity contribution in [2.75, 3.05) is 0 Å². The SMILES string of the molecule is CCc1ccccc1O[C@H](C)C(=O)N[C@@H](CC)c1ccc(C)cc1C. The molecular formula is C22H29NO2. The Morgan fingerprint density at radius 3 is 2.48 bits per heavy atom. The molecule has 0 radical (unpaired) electrons. The van der Waals surface area contributed by atoms with Gasteiger partial charge >= 0.3 is 0 Å². The molecule has 2 rings (SSSR count). The summed E-state index contributed by atoms with van der Waals surface area (Å²) in [6.45, 7) is 10.1. The molecule has 0 heterocycles. The zero-order valence-electron chi connectivity index (χ0n) is 15.9. The Kier molecular flexibility index (Phi) is 6.63. The Morgan fingerprint density at radius 2 is 1.84 bits per heavy atom. The van der Waals surface area contributed by atoms with Crippen LogP contribution in [0.1, 0.15) is 55.5 Å². The third kappa shape index (κ3) is 4.85. The molecule has 1 N–H and O–H groups in total. The maximum atomic E-state index is 12.6. The summed E-state index contributed by atoms with van der Waals surface area (Å²) in [7, 11) is 0. The van der Waals surface area contributed by atoms with Crippen LogP contribution in [0.25, 0.3) is 0 Å². The minimum Gasteiger partial charge on any atom is -0.481 e. The van der Waals surface area contributed by atoms with Gasteiger partial charge in [-0.15, -0.1) is 0 Å². The number of rotatable bonds is 7. The second-order valence-corrected chi connectivity index (χ2v) is 6.55. The highest BCUT2D eigenvalue weighted by Gasteiger charge is 2.21. The van der Waals surface area contributed by atoms with Crippen LogP contribution in [0.3, 0.4) is 0 Å². The van der Waals surface area contributed by atoms with Gasteiger partial charge in [-0.05, 0) is 56.4 Å². The molecule has 1 amide bonds. The van der Waals surface area contributed by atoms with Gasteiger partial charge in [-0.3, -0.25) is 4.79 Å². The van der Waals surface area contributed by atoms with Crippen molar-refractivity contribution in [1.82, 2.24) is 5.32 Å². The number of ether oxygens (including phenoxy) is 1. The molecule has 0 bridgehead atoms. The molecule has 0 aliphatic heterocycles. The van der Waals surface area contributed by atoms with Gasteiger partial charge < -0.3 is 10.1 Å². The van der Waals surface area contributed by atoms with Crippen molar-refractivity contribution in [2.24, 2.45) is 0 Å². The molecule has 0 saturated heterocycles. The van der Waals surface area contributed by atoms with Gasteiger partial charge in [-0.2, -0.15) is 0 Å². The predicted octanol–water partition coefficient (Wildman–Crippen LogP) is 4.90. The fourth-order valence-electron chi connectivity index (χ4n) is 3.06. The van der Waals surface area contributed by atoms with Gasteiger partial charge in [0.2, 0.25) is 0 Å². The number of aryl methyl sites for hydroxylation is 3. The molecule has 2 aromatic carbocycles. The monoisotopic (exact) mass is 339 g/mol. The maximum Gasteiger partial charge on any atom is 0.261 e. The van der Waals surface area contributed by atoms with E-state index < -0.39 is 6.10 Å². The maximum absolute atomic E-state index is 12.6. The lowest BCUT2D eigenvalue weighted by atomic mass is 9.97. The third-order valence-electron chi connectivity index (χ3n) is 4.55. The van der Waals surface area contributed by atoms with Gasteiger partial charge in [0.05, 0.1) is 6.04 Å². The van der Waals surface area contributed by atoms with Crippen molar-refractivity contribution >= 4 is 5.91 Å². The number of para-hydroxylation sites is 1. The fraction of sp³-hybridized carbons (Fsp3) is 0.409. The molecular weight excluding hydrogens is 310 g/mol. The van der Waals surface area contributed by atoms with Crippen LogP contribution in [0.2, 0.25) is 0 Å². The summed E-state index contributed by atoms with van der Waals surface area (Å²) in [5, 5.41) is 3.14. The molecule has 2 atom stereocenters. The average molecular weight is 339 g/mol. The van der Waals surface area contributed by atoms with Gasteiger partial charge in [0.15, 0.2) is 6.10 Å². The number of hydrogen-bond donors (Lipinski definition) is 1. The minimum atomic E-state index is -0.535. The Bertz CT molecular complexity index is 724. The summed E-state index contributed by atoms with van der Waals surface area (Å²) < 4.78 is 5.92. The lowest BCUT2D eigenvalue weighted by Gasteiger charge is -2.23. The molecule has 0 saturated carbocycles. The number of benzene rings is 2. The van der Waals surface area contributed by atoms with Crippen molar-refractivity contribution < 1.29 is 9.53 Å². The van der Waals surface area contributed by atoms with E-state index in [-0.39, 0.29) is 11.9 Å². The van der Waals surface area contributed by atoms with E-state index in [9.17, 15) is 4.79 Å². The standard InChI is InChI=1S/C22H29NO2/c1-6-18-10-8-9-11-21(18)25-17(5)22(24)23-20(7-2)19-13-12-15(3)14-16(19)4/h8-14,17,20H,6-7H2,1-5H3,(H,23,24)/t17-,20+/m1/s1. The summed E-state index contributed by atoms with van der Waals surface area (Å²) >= 11 is 0. The van der Waals surface area contributed by atoms with Crippen molar-refractivity contribution in [3.05, 3.63) is 64.7 Å². The molecule has 0 unspecified atom stereocenters. The van der Waals surface area contributed by atoms with E-state index >= 15 is 0 Å². The lowest BCUT2D eigenvalue weighted by Crippen LogP contribution is -2.38. The third-order valence-corrected chi connectivity index (χ3v) is 4.55. The predicted molar refractivity (Wildman–Crippen MR) is 103 cm³/mol. The van der Waals surface area contributed by atoms with E-state index in [4.69, 9.17) is 4.74 Å². The minimum absolute atomic E-state index is 0.000527. The second-order valence-electron chi connectivity index (χ2n) is 6.55. The van der Waals surface area contributed by atoms with Crippen LogP contribution in [-0.4, -0.2) is 12.0 Å². The average Bonchev–Trinajstić information content (AvgIpc) is 2.60. The first-order valence-corrected chi connectivity index (χ1v) is 9.08. The summed E-state index contributed by atoms with van der Waals surface area (Å²) in [4.78, 5) is 12.6. The molecule has 3 nitrogen and oxygen atoms in total. The number of carbonyl (C=O) groups excluding carboxylic acids is 1. The van der Waals surface area contributed by atoms with Crippen LogP contribution in [0, 0.1) is 13.8 Å². The van der Waals surface area contributed by atoms with Gasteiger partial charge in [0.1, 0.15) is 5.75 Å². The van der Waals surface area contributed by atoms with Crippen LogP contribution < -0.4 is 10.1 Å². The lowest BCUT2D eigenvalue weighted by molar-refractivity contribution is -0.128. The first-order chi connectivity index (χ1) is 12.0.